The first-order valence-corrected chi connectivity index (χ1v) is 4.72. The van der Waals surface area contributed by atoms with Crippen LogP contribution in [0, 0.1) is 11.3 Å². The molecule has 0 spiro atoms. The molecule has 1 aliphatic carbocycles. The molecule has 0 unspecified atom stereocenters. The Balaban J connectivity index is 2.42. The minimum atomic E-state index is -0.622. The van der Waals surface area contributed by atoms with E-state index in [0.29, 0.717) is 5.75 Å². The second-order valence-corrected chi connectivity index (χ2v) is 3.47. The van der Waals surface area contributed by atoms with Crippen molar-refractivity contribution in [3.63, 3.8) is 0 Å². The number of carbonyl (C=O) groups is 1. The van der Waals surface area contributed by atoms with E-state index in [1.54, 1.807) is 18.2 Å². The van der Waals surface area contributed by atoms with Crippen molar-refractivity contribution in [2.45, 2.75) is 18.9 Å². The number of nitrogens with zero attached hydrogens (tertiary/aromatic N) is 1. The number of carbonyl (C=O) groups excluding carboxylic acids is 1. The maximum Gasteiger partial charge on any atom is 0.253 e. The molecular formula is C11H10N2O2. The van der Waals surface area contributed by atoms with Crippen LogP contribution in [-0.2, 0) is 0 Å². The molecule has 1 fully saturated rings. The van der Waals surface area contributed by atoms with E-state index in [0.717, 1.165) is 12.8 Å². The molecule has 0 aliphatic heterocycles. The Morgan fingerprint density at radius 3 is 2.80 bits per heavy atom. The van der Waals surface area contributed by atoms with Gasteiger partial charge in [-0.05, 0) is 25.0 Å². The summed E-state index contributed by atoms with van der Waals surface area (Å²) >= 11 is 0. The first-order chi connectivity index (χ1) is 7.22. The molecule has 1 amide bonds. The van der Waals surface area contributed by atoms with E-state index in [-0.39, 0.29) is 17.2 Å². The molecule has 0 aromatic heterocycles. The fourth-order valence-corrected chi connectivity index (χ4v) is 1.34. The first-order valence-electron chi connectivity index (χ1n) is 4.72. The molecule has 0 bridgehead atoms. The fraction of sp³-hybridized carbons (Fsp3) is 0.273. The summed E-state index contributed by atoms with van der Waals surface area (Å²) in [6.07, 6.45) is 2.17. The predicted octanol–water partition coefficient (Wildman–Crippen LogP) is 1.20. The molecule has 1 aromatic carbocycles. The van der Waals surface area contributed by atoms with Gasteiger partial charge in [0.1, 0.15) is 11.8 Å². The molecule has 76 valence electrons. The van der Waals surface area contributed by atoms with Crippen molar-refractivity contribution in [1.82, 2.24) is 0 Å². The number of benzene rings is 1. The second-order valence-electron chi connectivity index (χ2n) is 3.47. The third kappa shape index (κ3) is 1.91. The van der Waals surface area contributed by atoms with Gasteiger partial charge in [0.05, 0.1) is 17.2 Å². The Morgan fingerprint density at radius 1 is 1.53 bits per heavy atom. The summed E-state index contributed by atoms with van der Waals surface area (Å²) in [5.41, 5.74) is 5.67. The number of primary amides is 1. The molecule has 4 heteroatoms. The zero-order valence-electron chi connectivity index (χ0n) is 8.06. The van der Waals surface area contributed by atoms with Crippen LogP contribution in [0.15, 0.2) is 18.2 Å². The van der Waals surface area contributed by atoms with Crippen LogP contribution >= 0.6 is 0 Å². The van der Waals surface area contributed by atoms with Gasteiger partial charge in [-0.2, -0.15) is 5.26 Å². The van der Waals surface area contributed by atoms with Crippen LogP contribution in [0.1, 0.15) is 28.8 Å². The smallest absolute Gasteiger partial charge is 0.253 e. The standard InChI is InChI=1S/C11H10N2O2/c12-6-7-2-1-3-9(10(7)11(13)14)15-8-4-5-8/h1-3,8H,4-5H2,(H2,13,14). The molecule has 1 aromatic rings. The number of ether oxygens (including phenoxy) is 1. The van der Waals surface area contributed by atoms with Crippen molar-refractivity contribution in [1.29, 1.82) is 5.26 Å². The van der Waals surface area contributed by atoms with Gasteiger partial charge in [-0.1, -0.05) is 6.07 Å². The highest BCUT2D eigenvalue weighted by atomic mass is 16.5. The van der Waals surface area contributed by atoms with E-state index in [2.05, 4.69) is 0 Å². The molecule has 2 N–H and O–H groups in total. The van der Waals surface area contributed by atoms with Crippen LogP contribution in [-0.4, -0.2) is 12.0 Å². The third-order valence-corrected chi connectivity index (χ3v) is 2.21. The zero-order chi connectivity index (χ0) is 10.8. The van der Waals surface area contributed by atoms with Crippen LogP contribution < -0.4 is 10.5 Å². The molecular weight excluding hydrogens is 192 g/mol. The van der Waals surface area contributed by atoms with E-state index in [4.69, 9.17) is 15.7 Å². The average molecular weight is 202 g/mol. The molecule has 0 atom stereocenters. The van der Waals surface area contributed by atoms with Crippen molar-refractivity contribution >= 4 is 5.91 Å². The molecule has 1 aliphatic rings. The summed E-state index contributed by atoms with van der Waals surface area (Å²) in [5.74, 6) is -0.202. The number of rotatable bonds is 3. The van der Waals surface area contributed by atoms with Gasteiger partial charge >= 0.3 is 0 Å². The van der Waals surface area contributed by atoms with E-state index >= 15 is 0 Å². The predicted molar refractivity (Wildman–Crippen MR) is 53.3 cm³/mol. The van der Waals surface area contributed by atoms with Crippen LogP contribution in [0.2, 0.25) is 0 Å². The number of amides is 1. The number of nitriles is 1. The maximum absolute atomic E-state index is 11.2. The van der Waals surface area contributed by atoms with Crippen molar-refractivity contribution in [2.75, 3.05) is 0 Å². The second kappa shape index (κ2) is 3.62. The topological polar surface area (TPSA) is 76.1 Å². The summed E-state index contributed by atoms with van der Waals surface area (Å²) in [6.45, 7) is 0. The van der Waals surface area contributed by atoms with E-state index in [9.17, 15) is 4.79 Å². The Morgan fingerprint density at radius 2 is 2.27 bits per heavy atom. The lowest BCUT2D eigenvalue weighted by Gasteiger charge is -2.09. The normalized spacial score (nSPS) is 14.3. The Hall–Kier alpha value is -2.02. The molecule has 0 heterocycles. The van der Waals surface area contributed by atoms with Crippen LogP contribution in [0.3, 0.4) is 0 Å². The molecule has 0 radical (unpaired) electrons. The van der Waals surface area contributed by atoms with Gasteiger partial charge in [0.25, 0.3) is 5.91 Å². The highest BCUT2D eigenvalue weighted by Crippen LogP contribution is 2.30. The van der Waals surface area contributed by atoms with Gasteiger partial charge < -0.3 is 10.5 Å². The van der Waals surface area contributed by atoms with E-state index in [1.807, 2.05) is 6.07 Å². The summed E-state index contributed by atoms with van der Waals surface area (Å²) in [7, 11) is 0. The summed E-state index contributed by atoms with van der Waals surface area (Å²) in [4.78, 5) is 11.2. The molecule has 15 heavy (non-hydrogen) atoms. The molecule has 1 saturated carbocycles. The SMILES string of the molecule is N#Cc1cccc(OC2CC2)c1C(N)=O. The number of hydrogen-bond donors (Lipinski definition) is 1. The summed E-state index contributed by atoms with van der Waals surface area (Å²) < 4.78 is 5.51. The molecule has 0 saturated heterocycles. The lowest BCUT2D eigenvalue weighted by molar-refractivity contribution is 0.0996. The fourth-order valence-electron chi connectivity index (χ4n) is 1.34. The van der Waals surface area contributed by atoms with E-state index < -0.39 is 5.91 Å². The summed E-state index contributed by atoms with van der Waals surface area (Å²) in [6, 6.07) is 6.83. The largest absolute Gasteiger partial charge is 0.490 e. The Bertz CT molecular complexity index is 444. The minimum Gasteiger partial charge on any atom is -0.490 e. The van der Waals surface area contributed by atoms with Crippen LogP contribution in [0.5, 0.6) is 5.75 Å². The highest BCUT2D eigenvalue weighted by molar-refractivity contribution is 5.98. The summed E-state index contributed by atoms with van der Waals surface area (Å²) in [5, 5.41) is 8.83. The molecule has 4 nitrogen and oxygen atoms in total. The van der Waals surface area contributed by atoms with Gasteiger partial charge in [-0.15, -0.1) is 0 Å². The molecule has 2 rings (SSSR count). The maximum atomic E-state index is 11.2. The van der Waals surface area contributed by atoms with Crippen LogP contribution in [0.25, 0.3) is 0 Å². The van der Waals surface area contributed by atoms with Gasteiger partial charge in [0.15, 0.2) is 0 Å². The van der Waals surface area contributed by atoms with Crippen molar-refractivity contribution < 1.29 is 9.53 Å². The third-order valence-electron chi connectivity index (χ3n) is 2.21. The number of nitrogens with two attached hydrogens (primary N) is 1. The van der Waals surface area contributed by atoms with Crippen molar-refractivity contribution in [3.8, 4) is 11.8 Å². The van der Waals surface area contributed by atoms with Gasteiger partial charge in [0, 0.05) is 0 Å². The lowest BCUT2D eigenvalue weighted by atomic mass is 10.1. The average Bonchev–Trinajstić information content (AvgIpc) is 3.01. The Kier molecular flexibility index (Phi) is 2.30. The number of hydrogen-bond acceptors (Lipinski definition) is 3. The van der Waals surface area contributed by atoms with Gasteiger partial charge in [-0.3, -0.25) is 4.79 Å². The Labute approximate surface area is 87.3 Å². The first kappa shape index (κ1) is 9.53. The monoisotopic (exact) mass is 202 g/mol. The zero-order valence-corrected chi connectivity index (χ0v) is 8.06. The van der Waals surface area contributed by atoms with E-state index in [1.165, 1.54) is 0 Å². The quantitative estimate of drug-likeness (QED) is 0.800. The highest BCUT2D eigenvalue weighted by Gasteiger charge is 2.26. The lowest BCUT2D eigenvalue weighted by Crippen LogP contribution is -2.15. The van der Waals surface area contributed by atoms with Crippen LogP contribution in [0.4, 0.5) is 0 Å². The van der Waals surface area contributed by atoms with Gasteiger partial charge in [-0.25, -0.2) is 0 Å². The van der Waals surface area contributed by atoms with Crippen molar-refractivity contribution in [2.24, 2.45) is 5.73 Å². The van der Waals surface area contributed by atoms with Crippen molar-refractivity contribution in [3.05, 3.63) is 29.3 Å². The van der Waals surface area contributed by atoms with Gasteiger partial charge in [0.2, 0.25) is 0 Å². The minimum absolute atomic E-state index is 0.178.